The van der Waals surface area contributed by atoms with E-state index in [0.29, 0.717) is 18.4 Å². The zero-order valence-corrected chi connectivity index (χ0v) is 11.2. The van der Waals surface area contributed by atoms with E-state index in [-0.39, 0.29) is 12.4 Å². The number of hydrogen-bond acceptors (Lipinski definition) is 3. The largest absolute Gasteiger partial charge is 0.489 e. The van der Waals surface area contributed by atoms with E-state index in [2.05, 4.69) is 4.90 Å². The van der Waals surface area contributed by atoms with Crippen molar-refractivity contribution < 1.29 is 14.2 Å². The molecule has 0 aliphatic heterocycles. The number of nitrogens with zero attached hydrogens (tertiary/aromatic N) is 1. The second-order valence-corrected chi connectivity index (χ2v) is 4.98. The summed E-state index contributed by atoms with van der Waals surface area (Å²) in [5.41, 5.74) is 0. The summed E-state index contributed by atoms with van der Waals surface area (Å²) >= 11 is 0. The molecule has 1 saturated carbocycles. The van der Waals surface area contributed by atoms with Gasteiger partial charge in [-0.1, -0.05) is 18.6 Å². The number of halogens is 1. The molecule has 0 aromatic heterocycles. The lowest BCUT2D eigenvalue weighted by Gasteiger charge is -2.37. The maximum Gasteiger partial charge on any atom is 0.165 e. The molecule has 0 atom stereocenters. The molecule has 1 aliphatic carbocycles. The molecule has 3 nitrogen and oxygen atoms in total. The van der Waals surface area contributed by atoms with E-state index in [0.717, 1.165) is 19.5 Å². The number of hydrogen-bond donors (Lipinski definition) is 1. The Bertz CT molecular complexity index is 382. The van der Waals surface area contributed by atoms with E-state index >= 15 is 0 Å². The van der Waals surface area contributed by atoms with Gasteiger partial charge in [-0.15, -0.1) is 0 Å². The van der Waals surface area contributed by atoms with Crippen molar-refractivity contribution in [3.63, 3.8) is 0 Å². The summed E-state index contributed by atoms with van der Waals surface area (Å²) in [6.07, 6.45) is 4.53. The van der Waals surface area contributed by atoms with E-state index in [1.54, 1.807) is 18.2 Å². The van der Waals surface area contributed by atoms with Gasteiger partial charge in [0.05, 0.1) is 0 Å². The summed E-state index contributed by atoms with van der Waals surface area (Å²) in [6.45, 7) is 2.39. The van der Waals surface area contributed by atoms with Gasteiger partial charge >= 0.3 is 0 Å². The molecule has 1 aromatic carbocycles. The SMILES string of the molecule is OCCCN(CCOc1ccccc1F)C1CCC1. The first-order valence-electron chi connectivity index (χ1n) is 7.03. The summed E-state index contributed by atoms with van der Waals surface area (Å²) in [5.74, 6) is 0.00581. The van der Waals surface area contributed by atoms with Gasteiger partial charge in [-0.2, -0.15) is 0 Å². The quantitative estimate of drug-likeness (QED) is 0.785. The third kappa shape index (κ3) is 4.18. The van der Waals surface area contributed by atoms with Crippen LogP contribution in [0.25, 0.3) is 0 Å². The van der Waals surface area contributed by atoms with Gasteiger partial charge in [0.25, 0.3) is 0 Å². The van der Waals surface area contributed by atoms with Gasteiger partial charge < -0.3 is 9.84 Å². The molecule has 1 N–H and O–H groups in total. The van der Waals surface area contributed by atoms with E-state index in [4.69, 9.17) is 9.84 Å². The van der Waals surface area contributed by atoms with Gasteiger partial charge in [0.2, 0.25) is 0 Å². The molecule has 0 saturated heterocycles. The molecular weight excluding hydrogens is 245 g/mol. The monoisotopic (exact) mass is 267 g/mol. The van der Waals surface area contributed by atoms with Crippen molar-refractivity contribution in [1.82, 2.24) is 4.90 Å². The molecule has 0 radical (unpaired) electrons. The lowest BCUT2D eigenvalue weighted by Crippen LogP contribution is -2.43. The maximum atomic E-state index is 13.4. The number of rotatable bonds is 8. The number of ether oxygens (including phenoxy) is 1. The van der Waals surface area contributed by atoms with Crippen LogP contribution in [0.2, 0.25) is 0 Å². The van der Waals surface area contributed by atoms with Gasteiger partial charge in [0.1, 0.15) is 6.61 Å². The molecule has 0 bridgehead atoms. The fraction of sp³-hybridized carbons (Fsp3) is 0.600. The topological polar surface area (TPSA) is 32.7 Å². The van der Waals surface area contributed by atoms with Crippen LogP contribution in [0, 0.1) is 5.82 Å². The Kier molecular flexibility index (Phi) is 5.61. The van der Waals surface area contributed by atoms with Gasteiger partial charge in [0, 0.05) is 25.7 Å². The molecular formula is C15H22FNO2. The van der Waals surface area contributed by atoms with Crippen LogP contribution in [0.15, 0.2) is 24.3 Å². The van der Waals surface area contributed by atoms with Crippen molar-refractivity contribution in [1.29, 1.82) is 0 Å². The normalized spacial score (nSPS) is 15.5. The average Bonchev–Trinajstić information content (AvgIpc) is 2.35. The zero-order chi connectivity index (χ0) is 13.5. The minimum atomic E-state index is -0.312. The van der Waals surface area contributed by atoms with Gasteiger partial charge in [-0.25, -0.2) is 4.39 Å². The first-order chi connectivity index (χ1) is 9.31. The van der Waals surface area contributed by atoms with Crippen LogP contribution in [-0.4, -0.2) is 42.4 Å². The highest BCUT2D eigenvalue weighted by Crippen LogP contribution is 2.24. The molecule has 1 fully saturated rings. The molecule has 0 amide bonds. The first kappa shape index (κ1) is 14.3. The molecule has 2 rings (SSSR count). The minimum absolute atomic E-state index is 0.220. The average molecular weight is 267 g/mol. The van der Waals surface area contributed by atoms with Crippen molar-refractivity contribution in [3.8, 4) is 5.75 Å². The fourth-order valence-corrected chi connectivity index (χ4v) is 2.34. The highest BCUT2D eigenvalue weighted by Gasteiger charge is 2.24. The Morgan fingerprint density at radius 2 is 2.05 bits per heavy atom. The number of aliphatic hydroxyl groups excluding tert-OH is 1. The van der Waals surface area contributed by atoms with E-state index in [1.807, 2.05) is 0 Å². The van der Waals surface area contributed by atoms with Crippen molar-refractivity contribution in [2.24, 2.45) is 0 Å². The zero-order valence-electron chi connectivity index (χ0n) is 11.2. The lowest BCUT2D eigenvalue weighted by atomic mass is 9.91. The van der Waals surface area contributed by atoms with Crippen LogP contribution < -0.4 is 4.74 Å². The summed E-state index contributed by atoms with van der Waals surface area (Å²) in [6, 6.07) is 7.11. The number of para-hydroxylation sites is 1. The predicted octanol–water partition coefficient (Wildman–Crippen LogP) is 2.44. The molecule has 1 aromatic rings. The molecule has 19 heavy (non-hydrogen) atoms. The van der Waals surface area contributed by atoms with Crippen LogP contribution in [0.4, 0.5) is 4.39 Å². The maximum absolute atomic E-state index is 13.4. The van der Waals surface area contributed by atoms with E-state index in [1.165, 1.54) is 25.3 Å². The van der Waals surface area contributed by atoms with Crippen LogP contribution in [0.1, 0.15) is 25.7 Å². The summed E-state index contributed by atoms with van der Waals surface area (Å²) in [7, 11) is 0. The highest BCUT2D eigenvalue weighted by atomic mass is 19.1. The third-order valence-electron chi connectivity index (χ3n) is 3.67. The molecule has 0 spiro atoms. The Morgan fingerprint density at radius 3 is 2.68 bits per heavy atom. The molecule has 0 unspecified atom stereocenters. The number of benzene rings is 1. The van der Waals surface area contributed by atoms with E-state index in [9.17, 15) is 4.39 Å². The van der Waals surface area contributed by atoms with E-state index < -0.39 is 0 Å². The predicted molar refractivity (Wildman–Crippen MR) is 72.8 cm³/mol. The van der Waals surface area contributed by atoms with Crippen LogP contribution in [0.5, 0.6) is 5.75 Å². The molecule has 0 heterocycles. The fourth-order valence-electron chi connectivity index (χ4n) is 2.34. The first-order valence-corrected chi connectivity index (χ1v) is 7.03. The lowest BCUT2D eigenvalue weighted by molar-refractivity contribution is 0.0976. The molecule has 106 valence electrons. The molecule has 1 aliphatic rings. The van der Waals surface area contributed by atoms with Crippen molar-refractivity contribution in [2.75, 3.05) is 26.3 Å². The van der Waals surface area contributed by atoms with Crippen molar-refractivity contribution in [2.45, 2.75) is 31.7 Å². The standard InChI is InChI=1S/C15H22FNO2/c16-14-7-1-2-8-15(14)19-12-10-17(9-4-11-18)13-5-3-6-13/h1-2,7-8,13,18H,3-6,9-12H2. The van der Waals surface area contributed by atoms with Crippen molar-refractivity contribution >= 4 is 0 Å². The Labute approximate surface area is 114 Å². The second kappa shape index (κ2) is 7.46. The second-order valence-electron chi connectivity index (χ2n) is 4.98. The molecule has 4 heteroatoms. The smallest absolute Gasteiger partial charge is 0.165 e. The van der Waals surface area contributed by atoms with Crippen molar-refractivity contribution in [3.05, 3.63) is 30.1 Å². The van der Waals surface area contributed by atoms with Gasteiger partial charge in [-0.05, 0) is 31.4 Å². The summed E-state index contributed by atoms with van der Waals surface area (Å²) < 4.78 is 18.9. The summed E-state index contributed by atoms with van der Waals surface area (Å²) in [4.78, 5) is 2.35. The van der Waals surface area contributed by atoms with Gasteiger partial charge in [0.15, 0.2) is 11.6 Å². The van der Waals surface area contributed by atoms with Crippen LogP contribution in [-0.2, 0) is 0 Å². The summed E-state index contributed by atoms with van der Waals surface area (Å²) in [5, 5.41) is 8.92. The Balaban J connectivity index is 1.76. The minimum Gasteiger partial charge on any atom is -0.489 e. The Hall–Kier alpha value is -1.13. The number of aliphatic hydroxyl groups is 1. The van der Waals surface area contributed by atoms with Crippen LogP contribution >= 0.6 is 0 Å². The van der Waals surface area contributed by atoms with Gasteiger partial charge in [-0.3, -0.25) is 4.90 Å². The Morgan fingerprint density at radius 1 is 1.26 bits per heavy atom. The van der Waals surface area contributed by atoms with Crippen LogP contribution in [0.3, 0.4) is 0 Å². The third-order valence-corrected chi connectivity index (χ3v) is 3.67. The highest BCUT2D eigenvalue weighted by molar-refractivity contribution is 5.23.